The minimum atomic E-state index is -1.03. The van der Waals surface area contributed by atoms with Crippen molar-refractivity contribution < 1.29 is 24.3 Å². The number of thioether (sulfide) groups is 1. The van der Waals surface area contributed by atoms with Crippen LogP contribution in [0.5, 0.6) is 0 Å². The highest BCUT2D eigenvalue weighted by molar-refractivity contribution is 8.13. The average Bonchev–Trinajstić information content (AvgIpc) is 3.17. The predicted molar refractivity (Wildman–Crippen MR) is 104 cm³/mol. The van der Waals surface area contributed by atoms with Crippen LogP contribution in [0.4, 0.5) is 0 Å². The molecule has 0 bridgehead atoms. The van der Waals surface area contributed by atoms with Gasteiger partial charge in [-0.3, -0.25) is 14.4 Å². The van der Waals surface area contributed by atoms with Crippen LogP contribution in [-0.2, 0) is 25.6 Å². The average molecular weight is 394 g/mol. The molecule has 148 valence electrons. The van der Waals surface area contributed by atoms with Crippen molar-refractivity contribution in [2.24, 2.45) is 0 Å². The highest BCUT2D eigenvalue weighted by Gasteiger charge is 2.17. The molecule has 8 heteroatoms. The van der Waals surface area contributed by atoms with Gasteiger partial charge in [0, 0.05) is 38.6 Å². The van der Waals surface area contributed by atoms with E-state index in [1.165, 1.54) is 18.7 Å². The molecule has 1 aromatic rings. The maximum atomic E-state index is 11.4. The minimum Gasteiger partial charge on any atom is -0.480 e. The molecule has 27 heavy (non-hydrogen) atoms. The van der Waals surface area contributed by atoms with Crippen LogP contribution in [0, 0.1) is 0 Å². The second-order valence-corrected chi connectivity index (χ2v) is 7.31. The van der Waals surface area contributed by atoms with Gasteiger partial charge in [-0.25, -0.2) is 4.79 Å². The van der Waals surface area contributed by atoms with Crippen molar-refractivity contribution in [2.45, 2.75) is 38.6 Å². The zero-order valence-corrected chi connectivity index (χ0v) is 16.2. The van der Waals surface area contributed by atoms with Crippen molar-refractivity contribution in [1.29, 1.82) is 0 Å². The van der Waals surface area contributed by atoms with Crippen LogP contribution in [0.2, 0.25) is 0 Å². The Hall–Kier alpha value is -2.35. The number of nitrogens with zero attached hydrogens (tertiary/aromatic N) is 1. The molecule has 1 fully saturated rings. The summed E-state index contributed by atoms with van der Waals surface area (Å²) in [5.74, 6) is -0.197. The Labute approximate surface area is 163 Å². The van der Waals surface area contributed by atoms with E-state index in [0.29, 0.717) is 25.0 Å². The van der Waals surface area contributed by atoms with E-state index in [-0.39, 0.29) is 11.0 Å². The van der Waals surface area contributed by atoms with Gasteiger partial charge in [0.25, 0.3) is 0 Å². The lowest BCUT2D eigenvalue weighted by Crippen LogP contribution is -2.37. The van der Waals surface area contributed by atoms with Gasteiger partial charge in [-0.15, -0.1) is 0 Å². The molecule has 1 atom stereocenters. The molecule has 0 spiro atoms. The first-order valence-corrected chi connectivity index (χ1v) is 9.80. The zero-order chi connectivity index (χ0) is 20.1. The Morgan fingerprint density at radius 2 is 1.85 bits per heavy atom. The summed E-state index contributed by atoms with van der Waals surface area (Å²) in [6.45, 7) is 3.35. The number of hydrogen-bond acceptors (Lipinski definition) is 5. The van der Waals surface area contributed by atoms with E-state index in [4.69, 9.17) is 5.11 Å². The van der Waals surface area contributed by atoms with Crippen molar-refractivity contribution in [3.8, 4) is 0 Å². The molecule has 1 saturated heterocycles. The third kappa shape index (κ3) is 9.79. The van der Waals surface area contributed by atoms with E-state index in [2.05, 4.69) is 5.32 Å². The van der Waals surface area contributed by atoms with Crippen molar-refractivity contribution in [1.82, 2.24) is 10.2 Å². The Morgan fingerprint density at radius 3 is 2.37 bits per heavy atom. The van der Waals surface area contributed by atoms with E-state index in [0.717, 1.165) is 31.5 Å². The number of aliphatic carboxylic acids is 1. The summed E-state index contributed by atoms with van der Waals surface area (Å²) in [6.07, 6.45) is 3.47. The van der Waals surface area contributed by atoms with Gasteiger partial charge in [0.05, 0.1) is 0 Å². The smallest absolute Gasteiger partial charge is 0.326 e. The van der Waals surface area contributed by atoms with E-state index in [9.17, 15) is 19.2 Å². The lowest BCUT2D eigenvalue weighted by atomic mass is 10.1. The first kappa shape index (κ1) is 22.7. The molecule has 0 saturated carbocycles. The molecule has 1 heterocycles. The van der Waals surface area contributed by atoms with Crippen LogP contribution in [0.25, 0.3) is 0 Å². The number of likely N-dealkylation sites (tertiary alicyclic amines) is 1. The summed E-state index contributed by atoms with van der Waals surface area (Å²) in [6, 6.07) is 8.30. The fourth-order valence-corrected chi connectivity index (χ4v) is 3.12. The fourth-order valence-electron chi connectivity index (χ4n) is 2.56. The van der Waals surface area contributed by atoms with Crippen molar-refractivity contribution in [3.05, 3.63) is 35.9 Å². The van der Waals surface area contributed by atoms with Gasteiger partial charge < -0.3 is 15.3 Å². The van der Waals surface area contributed by atoms with E-state index < -0.39 is 12.0 Å². The Bertz CT molecular complexity index is 618. The lowest BCUT2D eigenvalue weighted by Gasteiger charge is -2.14. The normalized spacial score (nSPS) is 13.9. The van der Waals surface area contributed by atoms with Gasteiger partial charge in [0.2, 0.25) is 12.3 Å². The molecular formula is C19H26N2O5S. The monoisotopic (exact) mass is 394 g/mol. The van der Waals surface area contributed by atoms with E-state index >= 15 is 0 Å². The molecule has 0 aromatic heterocycles. The summed E-state index contributed by atoms with van der Waals surface area (Å²) in [5.41, 5.74) is 0.884. The summed E-state index contributed by atoms with van der Waals surface area (Å²) in [5, 5.41) is 11.1. The summed E-state index contributed by atoms with van der Waals surface area (Å²) < 4.78 is 0. The molecule has 1 unspecified atom stereocenters. The van der Waals surface area contributed by atoms with E-state index in [1.54, 1.807) is 0 Å². The Morgan fingerprint density at radius 1 is 1.22 bits per heavy atom. The van der Waals surface area contributed by atoms with Gasteiger partial charge in [0.1, 0.15) is 6.04 Å². The first-order chi connectivity index (χ1) is 12.9. The third-order valence-electron chi connectivity index (χ3n) is 3.93. The number of benzene rings is 1. The number of carboxylic acids is 1. The minimum absolute atomic E-state index is 0.0919. The van der Waals surface area contributed by atoms with Gasteiger partial charge >= 0.3 is 5.97 Å². The van der Waals surface area contributed by atoms with Gasteiger partial charge in [-0.1, -0.05) is 42.1 Å². The van der Waals surface area contributed by atoms with Crippen LogP contribution in [0.15, 0.2) is 30.3 Å². The Kier molecular flexibility index (Phi) is 10.9. The number of hydrogen-bond donors (Lipinski definition) is 2. The molecule has 1 aromatic carbocycles. The highest BCUT2D eigenvalue weighted by atomic mass is 32.2. The molecule has 2 rings (SSSR count). The van der Waals surface area contributed by atoms with Crippen LogP contribution in [-0.4, -0.2) is 58.3 Å². The largest absolute Gasteiger partial charge is 0.480 e. The quantitative estimate of drug-likeness (QED) is 0.651. The zero-order valence-electron chi connectivity index (χ0n) is 15.4. The second-order valence-electron chi connectivity index (χ2n) is 6.04. The molecule has 7 nitrogen and oxygen atoms in total. The van der Waals surface area contributed by atoms with Crippen LogP contribution < -0.4 is 5.32 Å². The van der Waals surface area contributed by atoms with E-state index in [1.807, 2.05) is 35.2 Å². The molecule has 2 amide bonds. The SMILES string of the molecule is CC(=O)SCCC(=O)N1CCCC1.O=CNC(Cc1ccccc1)C(=O)O. The maximum Gasteiger partial charge on any atom is 0.326 e. The number of carboxylic acid groups (broad SMARTS) is 1. The fraction of sp³-hybridized carbons (Fsp3) is 0.474. The topological polar surface area (TPSA) is 104 Å². The molecule has 0 radical (unpaired) electrons. The second kappa shape index (κ2) is 12.9. The standard InChI is InChI=1S/C10H11NO3.C9H15NO2S/c12-7-11-9(10(13)14)6-8-4-2-1-3-5-8;1-8(11)13-7-4-9(12)10-5-2-3-6-10/h1-5,7,9H,6H2,(H,11,12)(H,13,14);2-7H2,1H3. The number of carbonyl (C=O) groups is 4. The van der Waals surface area contributed by atoms with Gasteiger partial charge in [-0.2, -0.15) is 0 Å². The molecule has 1 aliphatic heterocycles. The lowest BCUT2D eigenvalue weighted by molar-refractivity contribution is -0.140. The van der Waals surface area contributed by atoms with Crippen molar-refractivity contribution in [3.63, 3.8) is 0 Å². The van der Waals surface area contributed by atoms with Gasteiger partial charge in [-0.05, 0) is 18.4 Å². The number of nitrogens with one attached hydrogen (secondary N) is 1. The molecular weight excluding hydrogens is 368 g/mol. The number of rotatable bonds is 8. The number of amides is 2. The maximum absolute atomic E-state index is 11.4. The first-order valence-electron chi connectivity index (χ1n) is 8.81. The summed E-state index contributed by atoms with van der Waals surface area (Å²) in [7, 11) is 0. The van der Waals surface area contributed by atoms with Crippen LogP contribution >= 0.6 is 11.8 Å². The van der Waals surface area contributed by atoms with Crippen LogP contribution in [0.3, 0.4) is 0 Å². The molecule has 1 aliphatic rings. The molecule has 0 aliphatic carbocycles. The summed E-state index contributed by atoms with van der Waals surface area (Å²) in [4.78, 5) is 44.7. The van der Waals surface area contributed by atoms with Gasteiger partial charge in [0.15, 0.2) is 5.12 Å². The highest BCUT2D eigenvalue weighted by Crippen LogP contribution is 2.11. The number of carbonyl (C=O) groups excluding carboxylic acids is 3. The third-order valence-corrected chi connectivity index (χ3v) is 4.74. The van der Waals surface area contributed by atoms with Crippen molar-refractivity contribution >= 4 is 35.2 Å². The van der Waals surface area contributed by atoms with Crippen LogP contribution in [0.1, 0.15) is 31.7 Å². The summed E-state index contributed by atoms with van der Waals surface area (Å²) >= 11 is 1.23. The predicted octanol–water partition coefficient (Wildman–Crippen LogP) is 1.71. The Balaban J connectivity index is 0.000000271. The van der Waals surface area contributed by atoms with Crippen molar-refractivity contribution in [2.75, 3.05) is 18.8 Å². The molecule has 2 N–H and O–H groups in total.